The molecule has 0 fully saturated rings. The lowest BCUT2D eigenvalue weighted by atomic mass is 9.90. The molecule has 3 heterocycles. The number of alkyl carbamates (subject to hydrolysis) is 1. The van der Waals surface area contributed by atoms with Gasteiger partial charge >= 0.3 is 6.09 Å². The summed E-state index contributed by atoms with van der Waals surface area (Å²) >= 11 is 0. The van der Waals surface area contributed by atoms with Crippen LogP contribution >= 0.6 is 0 Å². The number of carbonyl (C=O) groups excluding carboxylic acids is 2. The molecule has 1 aliphatic heterocycles. The molecule has 0 aliphatic carbocycles. The van der Waals surface area contributed by atoms with E-state index in [0.717, 1.165) is 6.07 Å². The highest BCUT2D eigenvalue weighted by molar-refractivity contribution is 7.75. The van der Waals surface area contributed by atoms with Gasteiger partial charge in [-0.05, 0) is 51.5 Å². The van der Waals surface area contributed by atoms with Gasteiger partial charge in [0.05, 0.1) is 25.0 Å². The predicted octanol–water partition coefficient (Wildman–Crippen LogP) is 3.99. The molecule has 12 nitrogen and oxygen atoms in total. The van der Waals surface area contributed by atoms with Crippen molar-refractivity contribution in [3.8, 4) is 5.88 Å². The van der Waals surface area contributed by atoms with Crippen LogP contribution in [0.2, 0.25) is 0 Å². The second-order valence-corrected chi connectivity index (χ2v) is 11.6. The van der Waals surface area contributed by atoms with Crippen LogP contribution in [0.1, 0.15) is 64.1 Å². The number of hydrogen-bond acceptors (Lipinski definition) is 11. The Labute approximate surface area is 228 Å². The number of ether oxygens (including phenoxy) is 2. The molecule has 0 saturated heterocycles. The van der Waals surface area contributed by atoms with E-state index in [1.807, 2.05) is 0 Å². The monoisotopic (exact) mass is 562 g/mol. The number of amidine groups is 1. The van der Waals surface area contributed by atoms with Crippen LogP contribution in [0.15, 0.2) is 33.9 Å². The van der Waals surface area contributed by atoms with E-state index in [-0.39, 0.29) is 34.8 Å². The average molecular weight is 563 g/mol. The van der Waals surface area contributed by atoms with Crippen molar-refractivity contribution in [1.82, 2.24) is 20.3 Å². The molecule has 1 aliphatic rings. The van der Waals surface area contributed by atoms with Crippen molar-refractivity contribution >= 4 is 34.2 Å². The third-order valence-corrected chi connectivity index (χ3v) is 7.26. The first-order valence-corrected chi connectivity index (χ1v) is 13.4. The van der Waals surface area contributed by atoms with Gasteiger partial charge in [0.25, 0.3) is 5.91 Å². The van der Waals surface area contributed by atoms with Gasteiger partial charge in [0.2, 0.25) is 5.88 Å². The summed E-state index contributed by atoms with van der Waals surface area (Å²) in [5, 5.41) is 4.48. The summed E-state index contributed by atoms with van der Waals surface area (Å²) < 4.78 is 42.7. The fourth-order valence-electron chi connectivity index (χ4n) is 3.75. The molecule has 3 rings (SSSR count). The molecular weight excluding hydrogens is 529 g/mol. The maximum atomic E-state index is 15.4. The first-order chi connectivity index (χ1) is 18.2. The maximum absolute atomic E-state index is 15.4. The van der Waals surface area contributed by atoms with Crippen molar-refractivity contribution in [3.05, 3.63) is 41.7 Å². The summed E-state index contributed by atoms with van der Waals surface area (Å²) in [5.41, 5.74) is -2.45. The molecule has 0 bridgehead atoms. The van der Waals surface area contributed by atoms with E-state index >= 15 is 4.39 Å². The van der Waals surface area contributed by atoms with Gasteiger partial charge < -0.3 is 23.4 Å². The number of nitrogens with zero attached hydrogens (tertiary/aromatic N) is 5. The van der Waals surface area contributed by atoms with Crippen LogP contribution in [0.3, 0.4) is 0 Å². The lowest BCUT2D eigenvalue weighted by Gasteiger charge is -2.36. The normalized spacial score (nSPS) is 17.8. The number of aromatic nitrogens is 3. The maximum Gasteiger partial charge on any atom is 0.413 e. The van der Waals surface area contributed by atoms with Crippen LogP contribution in [-0.4, -0.2) is 57.3 Å². The molecule has 0 spiro atoms. The average Bonchev–Trinajstić information content (AvgIpc) is 3.30. The zero-order chi connectivity index (χ0) is 29.0. The van der Waals surface area contributed by atoms with Crippen LogP contribution < -0.4 is 15.4 Å². The molecule has 0 unspecified atom stereocenters. The Morgan fingerprint density at radius 2 is 1.90 bits per heavy atom. The molecular formula is C25H33FN7O5S-. The van der Waals surface area contributed by atoms with Crippen LogP contribution in [0.4, 0.5) is 15.0 Å². The first-order valence-electron chi connectivity index (χ1n) is 12.3. The zero-order valence-electron chi connectivity index (χ0n) is 22.9. The summed E-state index contributed by atoms with van der Waals surface area (Å²) in [5.74, 6) is -1.23. The van der Waals surface area contributed by atoms with Crippen molar-refractivity contribution in [3.63, 3.8) is 0 Å². The van der Waals surface area contributed by atoms with Gasteiger partial charge in [0.15, 0.2) is 0 Å². The molecule has 0 radical (unpaired) electrons. The van der Waals surface area contributed by atoms with E-state index in [1.54, 1.807) is 41.5 Å². The van der Waals surface area contributed by atoms with E-state index in [9.17, 15) is 13.8 Å². The number of nitrogens with one attached hydrogen (secondary N) is 2. The van der Waals surface area contributed by atoms with Gasteiger partial charge in [-0.15, -0.1) is 0 Å². The molecule has 2 amide bonds. The van der Waals surface area contributed by atoms with Crippen molar-refractivity contribution in [2.24, 2.45) is 15.3 Å². The van der Waals surface area contributed by atoms with Crippen molar-refractivity contribution in [2.45, 2.75) is 64.4 Å². The van der Waals surface area contributed by atoms with Gasteiger partial charge in [0, 0.05) is 12.5 Å². The number of methoxy groups -OCH3 is 1. The van der Waals surface area contributed by atoms with E-state index in [4.69, 9.17) is 14.5 Å². The summed E-state index contributed by atoms with van der Waals surface area (Å²) in [4.78, 5) is 42.3. The van der Waals surface area contributed by atoms with E-state index in [2.05, 4.69) is 29.9 Å². The number of anilines is 1. The number of hydrogen-bond donors (Lipinski definition) is 2. The fraction of sp³-hybridized carbons (Fsp3) is 0.520. The van der Waals surface area contributed by atoms with Crippen molar-refractivity contribution in [1.29, 1.82) is 0 Å². The Balaban J connectivity index is 2.04. The number of carbonyl (C=O) groups is 2. The minimum absolute atomic E-state index is 0.0105. The molecule has 39 heavy (non-hydrogen) atoms. The van der Waals surface area contributed by atoms with E-state index in [1.165, 1.54) is 25.6 Å². The molecule has 2 atom stereocenters. The summed E-state index contributed by atoms with van der Waals surface area (Å²) in [6.07, 6.45) is 2.13. The minimum Gasteiger partial charge on any atom is -0.480 e. The molecule has 212 valence electrons. The number of aliphatic imine (C=N–C) groups is 1. The predicted molar refractivity (Wildman–Crippen MR) is 143 cm³/mol. The number of amides is 2. The largest absolute Gasteiger partial charge is 0.480 e. The van der Waals surface area contributed by atoms with Gasteiger partial charge in [-0.1, -0.05) is 13.8 Å². The van der Waals surface area contributed by atoms with Crippen LogP contribution in [0.25, 0.3) is 0 Å². The van der Waals surface area contributed by atoms with Crippen LogP contribution in [-0.2, 0) is 25.1 Å². The molecule has 2 N–H and O–H groups in total. The van der Waals surface area contributed by atoms with Crippen LogP contribution in [0, 0.1) is 11.7 Å². The highest BCUT2D eigenvalue weighted by Gasteiger charge is 2.39. The molecule has 2 aromatic heterocycles. The van der Waals surface area contributed by atoms with E-state index in [0.29, 0.717) is 13.0 Å². The molecule has 0 saturated carbocycles. The number of halogens is 1. The smallest absolute Gasteiger partial charge is 0.413 e. The summed E-state index contributed by atoms with van der Waals surface area (Å²) in [7, 11) is -0.275. The van der Waals surface area contributed by atoms with Crippen LogP contribution in [0.5, 0.6) is 5.88 Å². The van der Waals surface area contributed by atoms with Gasteiger partial charge in [-0.3, -0.25) is 15.1 Å². The lowest BCUT2D eigenvalue weighted by Crippen LogP contribution is -2.43. The number of rotatable bonds is 7. The topological polar surface area (TPSA) is 157 Å². The third kappa shape index (κ3) is 7.46. The molecule has 2 aromatic rings. The Morgan fingerprint density at radius 3 is 2.44 bits per heavy atom. The van der Waals surface area contributed by atoms with Gasteiger partial charge in [-0.2, -0.15) is 10.6 Å². The standard InChI is InChI=1S/C25H33FN7O5S/c1-14(2)21(32-23(35)38-24(3,4)5)33-25(6,17-10-11-29-39(17)36)20-15(26)8-9-18(30-20)31-22(34)16-12-28-19(37-7)13-27-16/h8-9,12-14,17H,10-11H2,1-7H3,(H,30,31,34)(H,32,33,35)/q-1/t17-,25+/m1/s1. The third-order valence-electron chi connectivity index (χ3n) is 5.65. The Kier molecular flexibility index (Phi) is 9.20. The van der Waals surface area contributed by atoms with Crippen molar-refractivity contribution < 1.29 is 27.7 Å². The quantitative estimate of drug-likeness (QED) is 0.291. The first kappa shape index (κ1) is 29.9. The number of pyridine rings is 1. The Morgan fingerprint density at radius 1 is 1.18 bits per heavy atom. The second-order valence-electron chi connectivity index (χ2n) is 10.3. The zero-order valence-corrected chi connectivity index (χ0v) is 23.8. The van der Waals surface area contributed by atoms with Crippen molar-refractivity contribution in [2.75, 3.05) is 19.0 Å². The molecule has 0 aromatic carbocycles. The highest BCUT2D eigenvalue weighted by atomic mass is 32.2. The van der Waals surface area contributed by atoms with E-state index < -0.39 is 44.8 Å². The Bertz CT molecular complexity index is 1340. The van der Waals surface area contributed by atoms with Gasteiger partial charge in [-0.25, -0.2) is 24.1 Å². The fourth-order valence-corrected chi connectivity index (χ4v) is 5.08. The summed E-state index contributed by atoms with van der Waals surface area (Å²) in [6.45, 7) is 10.6. The van der Waals surface area contributed by atoms with Gasteiger partial charge in [0.1, 0.15) is 34.5 Å². The molecule has 14 heteroatoms. The lowest BCUT2D eigenvalue weighted by molar-refractivity contribution is 0.0560. The minimum atomic E-state index is -1.70. The SMILES string of the molecule is COc1cnc(C(=O)Nc2ccc(F)c([C@@](C)(N=C(NC(=O)OC(C)(C)C)C(C)C)[C@H]3CCN=[S-]3=O)n2)cn1. The summed E-state index contributed by atoms with van der Waals surface area (Å²) in [6, 6.07) is 2.42. The highest BCUT2D eigenvalue weighted by Crippen LogP contribution is 2.37. The Hall–Kier alpha value is -3.68. The second kappa shape index (κ2) is 12.0.